The smallest absolute Gasteiger partial charge is 0.334 e. The average Bonchev–Trinajstić information content (AvgIpc) is 2.77. The molecule has 0 bridgehead atoms. The van der Waals surface area contributed by atoms with Crippen LogP contribution in [0.2, 0.25) is 0 Å². The maximum Gasteiger partial charge on any atom is 0.334 e. The first-order valence-corrected chi connectivity index (χ1v) is 7.62. The number of hydrogen-bond acceptors (Lipinski definition) is 5. The highest BCUT2D eigenvalue weighted by Crippen LogP contribution is 2.20. The second kappa shape index (κ2) is 6.31. The topological polar surface area (TPSA) is 113 Å². The Morgan fingerprint density at radius 3 is 2.63 bits per heavy atom. The molecule has 9 heteroatoms. The van der Waals surface area contributed by atoms with Crippen LogP contribution in [-0.4, -0.2) is 68.3 Å². The largest absolute Gasteiger partial charge is 0.479 e. The molecule has 1 fully saturated rings. The summed E-state index contributed by atoms with van der Waals surface area (Å²) in [6.45, 7) is 0.113. The number of carboxylic acids is 1. The van der Waals surface area contributed by atoms with E-state index < -0.39 is 34.0 Å². The second-order valence-electron chi connectivity index (χ2n) is 4.34. The van der Waals surface area contributed by atoms with Crippen LogP contribution < -0.4 is 5.32 Å². The first-order valence-electron chi connectivity index (χ1n) is 5.77. The van der Waals surface area contributed by atoms with Crippen molar-refractivity contribution in [1.29, 1.82) is 0 Å². The van der Waals surface area contributed by atoms with Crippen LogP contribution in [0.15, 0.2) is 0 Å². The van der Waals surface area contributed by atoms with Crippen molar-refractivity contribution in [3.05, 3.63) is 0 Å². The zero-order chi connectivity index (χ0) is 14.6. The van der Waals surface area contributed by atoms with Gasteiger partial charge in [-0.15, -0.1) is 0 Å². The van der Waals surface area contributed by atoms with Gasteiger partial charge in [-0.1, -0.05) is 0 Å². The highest BCUT2D eigenvalue weighted by molar-refractivity contribution is 7.88. The summed E-state index contributed by atoms with van der Waals surface area (Å²) in [5, 5.41) is 11.2. The third-order valence-corrected chi connectivity index (χ3v) is 4.24. The molecule has 0 aromatic carbocycles. The van der Waals surface area contributed by atoms with Crippen molar-refractivity contribution >= 4 is 21.9 Å². The molecule has 1 aliphatic rings. The summed E-state index contributed by atoms with van der Waals surface area (Å²) < 4.78 is 28.8. The fourth-order valence-electron chi connectivity index (χ4n) is 1.98. The monoisotopic (exact) mass is 294 g/mol. The highest BCUT2D eigenvalue weighted by atomic mass is 32.2. The van der Waals surface area contributed by atoms with Gasteiger partial charge >= 0.3 is 5.97 Å². The number of aliphatic carboxylic acids is 1. The molecule has 2 atom stereocenters. The van der Waals surface area contributed by atoms with E-state index in [1.807, 2.05) is 0 Å². The second-order valence-corrected chi connectivity index (χ2v) is 6.27. The molecule has 1 heterocycles. The summed E-state index contributed by atoms with van der Waals surface area (Å²) in [6.07, 6.45) is 0.951. The van der Waals surface area contributed by atoms with Crippen LogP contribution in [0.4, 0.5) is 0 Å². The van der Waals surface area contributed by atoms with E-state index in [0.717, 1.165) is 10.6 Å². The van der Waals surface area contributed by atoms with Gasteiger partial charge in [-0.2, -0.15) is 4.31 Å². The van der Waals surface area contributed by atoms with Gasteiger partial charge in [0.1, 0.15) is 6.04 Å². The van der Waals surface area contributed by atoms with Crippen molar-refractivity contribution in [2.45, 2.75) is 25.0 Å². The lowest BCUT2D eigenvalue weighted by molar-refractivity contribution is -0.148. The summed E-state index contributed by atoms with van der Waals surface area (Å²) in [5.41, 5.74) is 0. The minimum absolute atomic E-state index is 0.196. The summed E-state index contributed by atoms with van der Waals surface area (Å²) in [6, 6.07) is -0.763. The molecule has 8 nitrogen and oxygen atoms in total. The standard InChI is InChI=1S/C10H18N2O6S/c1-18-8(10(14)15)6-11-9(13)7-4-3-5-12(7)19(2,16)17/h7-8H,3-6H2,1-2H3,(H,11,13)(H,14,15). The molecule has 110 valence electrons. The molecular weight excluding hydrogens is 276 g/mol. The van der Waals surface area contributed by atoms with Crippen molar-refractivity contribution in [3.8, 4) is 0 Å². The van der Waals surface area contributed by atoms with Crippen LogP contribution in [0.3, 0.4) is 0 Å². The number of carbonyl (C=O) groups excluding carboxylic acids is 1. The van der Waals surface area contributed by atoms with Gasteiger partial charge in [-0.3, -0.25) is 4.79 Å². The Morgan fingerprint density at radius 2 is 2.16 bits per heavy atom. The van der Waals surface area contributed by atoms with Crippen LogP contribution in [0.5, 0.6) is 0 Å². The van der Waals surface area contributed by atoms with Crippen molar-refractivity contribution in [3.63, 3.8) is 0 Å². The quantitative estimate of drug-likeness (QED) is 0.624. The van der Waals surface area contributed by atoms with Gasteiger partial charge in [0.15, 0.2) is 6.10 Å². The van der Waals surface area contributed by atoms with Gasteiger partial charge in [0, 0.05) is 13.7 Å². The predicted octanol–water partition coefficient (Wildman–Crippen LogP) is -1.37. The van der Waals surface area contributed by atoms with E-state index in [4.69, 9.17) is 5.11 Å². The summed E-state index contributed by atoms with van der Waals surface area (Å²) in [4.78, 5) is 22.6. The number of ether oxygens (including phenoxy) is 1. The molecule has 0 radical (unpaired) electrons. The van der Waals surface area contributed by atoms with Gasteiger partial charge < -0.3 is 15.2 Å². The number of carboxylic acid groups (broad SMARTS) is 1. The minimum atomic E-state index is -3.43. The zero-order valence-corrected chi connectivity index (χ0v) is 11.6. The molecule has 19 heavy (non-hydrogen) atoms. The molecule has 1 saturated heterocycles. The van der Waals surface area contributed by atoms with Gasteiger partial charge in [0.05, 0.1) is 12.8 Å². The molecule has 1 amide bonds. The number of nitrogens with zero attached hydrogens (tertiary/aromatic N) is 1. The lowest BCUT2D eigenvalue weighted by atomic mass is 10.2. The van der Waals surface area contributed by atoms with Crippen molar-refractivity contribution in [1.82, 2.24) is 9.62 Å². The van der Waals surface area contributed by atoms with E-state index in [1.165, 1.54) is 7.11 Å². The van der Waals surface area contributed by atoms with E-state index in [1.54, 1.807) is 0 Å². The van der Waals surface area contributed by atoms with Crippen LogP contribution >= 0.6 is 0 Å². The lowest BCUT2D eigenvalue weighted by Gasteiger charge is -2.22. The van der Waals surface area contributed by atoms with E-state index in [-0.39, 0.29) is 6.54 Å². The van der Waals surface area contributed by atoms with Gasteiger partial charge in [-0.25, -0.2) is 13.2 Å². The maximum absolute atomic E-state index is 11.9. The first-order chi connectivity index (χ1) is 8.77. The molecule has 0 aliphatic carbocycles. The third-order valence-electron chi connectivity index (χ3n) is 2.95. The predicted molar refractivity (Wildman–Crippen MR) is 66.0 cm³/mol. The van der Waals surface area contributed by atoms with Crippen LogP contribution in [0.25, 0.3) is 0 Å². The van der Waals surface area contributed by atoms with Gasteiger partial charge in [0.25, 0.3) is 0 Å². The fourth-order valence-corrected chi connectivity index (χ4v) is 3.11. The maximum atomic E-state index is 11.9. The molecule has 2 N–H and O–H groups in total. The van der Waals surface area contributed by atoms with Crippen LogP contribution in [0.1, 0.15) is 12.8 Å². The number of hydrogen-bond donors (Lipinski definition) is 2. The third kappa shape index (κ3) is 4.15. The SMILES string of the molecule is COC(CNC(=O)C1CCCN1S(C)(=O)=O)C(=O)O. The zero-order valence-electron chi connectivity index (χ0n) is 10.8. The normalized spacial score (nSPS) is 22.1. The van der Waals surface area contributed by atoms with Crippen molar-refractivity contribution < 1.29 is 27.9 Å². The van der Waals surface area contributed by atoms with Gasteiger partial charge in [-0.05, 0) is 12.8 Å². The number of carbonyl (C=O) groups is 2. The summed E-state index contributed by atoms with van der Waals surface area (Å²) in [5.74, 6) is -1.68. The molecule has 0 spiro atoms. The molecule has 0 aromatic heterocycles. The summed E-state index contributed by atoms with van der Waals surface area (Å²) >= 11 is 0. The first kappa shape index (κ1) is 15.9. The minimum Gasteiger partial charge on any atom is -0.479 e. The lowest BCUT2D eigenvalue weighted by Crippen LogP contribution is -2.48. The van der Waals surface area contributed by atoms with Gasteiger partial charge in [0.2, 0.25) is 15.9 Å². The van der Waals surface area contributed by atoms with E-state index in [9.17, 15) is 18.0 Å². The molecular formula is C10H18N2O6S. The molecule has 0 aromatic rings. The number of rotatable bonds is 6. The van der Waals surface area contributed by atoms with Crippen molar-refractivity contribution in [2.75, 3.05) is 26.5 Å². The van der Waals surface area contributed by atoms with E-state index in [0.29, 0.717) is 19.4 Å². The van der Waals surface area contributed by atoms with Crippen LogP contribution in [-0.2, 0) is 24.3 Å². The number of amides is 1. The molecule has 2 unspecified atom stereocenters. The number of nitrogens with one attached hydrogen (secondary N) is 1. The van der Waals surface area contributed by atoms with E-state index in [2.05, 4.69) is 10.1 Å². The highest BCUT2D eigenvalue weighted by Gasteiger charge is 2.36. The summed E-state index contributed by atoms with van der Waals surface area (Å²) in [7, 11) is -2.21. The average molecular weight is 294 g/mol. The Morgan fingerprint density at radius 1 is 1.53 bits per heavy atom. The van der Waals surface area contributed by atoms with Crippen molar-refractivity contribution in [2.24, 2.45) is 0 Å². The Kier molecular flexibility index (Phi) is 5.27. The molecule has 0 saturated carbocycles. The number of methoxy groups -OCH3 is 1. The van der Waals surface area contributed by atoms with Crippen LogP contribution in [0, 0.1) is 0 Å². The Balaban J connectivity index is 2.61. The Bertz CT molecular complexity index is 449. The van der Waals surface area contributed by atoms with E-state index >= 15 is 0 Å². The molecule has 1 rings (SSSR count). The fraction of sp³-hybridized carbons (Fsp3) is 0.800. The molecule has 1 aliphatic heterocycles. The Labute approximate surface area is 111 Å². The number of sulfonamides is 1. The Hall–Kier alpha value is -1.19.